The van der Waals surface area contributed by atoms with Gasteiger partial charge in [0, 0.05) is 18.9 Å². The third-order valence-electron chi connectivity index (χ3n) is 6.16. The minimum absolute atomic E-state index is 0.0102. The molecule has 8 nitrogen and oxygen atoms in total. The number of fused-ring (bicyclic) bond motifs is 1. The topological polar surface area (TPSA) is 92.9 Å². The van der Waals surface area contributed by atoms with Crippen LogP contribution in [-0.2, 0) is 19.0 Å². The van der Waals surface area contributed by atoms with Crippen molar-refractivity contribution in [3.63, 3.8) is 0 Å². The summed E-state index contributed by atoms with van der Waals surface area (Å²) in [6, 6.07) is 0. The molecule has 0 bridgehead atoms. The first kappa shape index (κ1) is 18.9. The molecule has 9 heteroatoms. The van der Waals surface area contributed by atoms with Gasteiger partial charge in [-0.1, -0.05) is 12.8 Å². The predicted molar refractivity (Wildman–Crippen MR) is 94.9 cm³/mol. The fourth-order valence-electron chi connectivity index (χ4n) is 4.75. The fraction of sp³-hybridized carbons (Fsp3) is 0.941. The zero-order valence-corrected chi connectivity index (χ0v) is 15.8. The Morgan fingerprint density at radius 3 is 2.88 bits per heavy atom. The van der Waals surface area contributed by atoms with Gasteiger partial charge in [-0.25, -0.2) is 10.9 Å². The highest BCUT2D eigenvalue weighted by Gasteiger charge is 2.44. The Bertz CT molecular complexity index is 513. The van der Waals surface area contributed by atoms with Crippen molar-refractivity contribution in [2.24, 2.45) is 11.8 Å². The van der Waals surface area contributed by atoms with Gasteiger partial charge in [0.05, 0.1) is 23.8 Å². The molecule has 8 unspecified atom stereocenters. The SMILES string of the molecule is COC1CCCCC1C1NNC(NC(=O)C2CC(Cl)C3OCOC3C2)N1. The van der Waals surface area contributed by atoms with Crippen molar-refractivity contribution in [3.05, 3.63) is 0 Å². The lowest BCUT2D eigenvalue weighted by molar-refractivity contribution is -0.128. The van der Waals surface area contributed by atoms with Crippen LogP contribution in [0, 0.1) is 11.8 Å². The van der Waals surface area contributed by atoms with E-state index in [-0.39, 0.29) is 54.8 Å². The first-order chi connectivity index (χ1) is 12.7. The summed E-state index contributed by atoms with van der Waals surface area (Å²) >= 11 is 6.39. The monoisotopic (exact) mass is 388 g/mol. The number of hydrogen-bond acceptors (Lipinski definition) is 7. The van der Waals surface area contributed by atoms with Crippen LogP contribution in [0.1, 0.15) is 38.5 Å². The van der Waals surface area contributed by atoms with Gasteiger partial charge in [-0.2, -0.15) is 0 Å². The van der Waals surface area contributed by atoms with Gasteiger partial charge >= 0.3 is 0 Å². The highest BCUT2D eigenvalue weighted by Crippen LogP contribution is 2.35. The highest BCUT2D eigenvalue weighted by atomic mass is 35.5. The van der Waals surface area contributed by atoms with Crippen LogP contribution in [0.4, 0.5) is 0 Å². The average molecular weight is 389 g/mol. The second-order valence-corrected chi connectivity index (χ2v) is 8.30. The number of nitrogens with one attached hydrogen (secondary N) is 4. The van der Waals surface area contributed by atoms with Crippen molar-refractivity contribution >= 4 is 17.5 Å². The molecule has 0 aromatic heterocycles. The molecule has 0 aromatic rings. The van der Waals surface area contributed by atoms with Crippen LogP contribution in [0.5, 0.6) is 0 Å². The number of carbonyl (C=O) groups excluding carboxylic acids is 1. The van der Waals surface area contributed by atoms with E-state index in [4.69, 9.17) is 25.8 Å². The van der Waals surface area contributed by atoms with Gasteiger partial charge in [0.1, 0.15) is 19.2 Å². The van der Waals surface area contributed by atoms with Crippen molar-refractivity contribution in [1.29, 1.82) is 0 Å². The lowest BCUT2D eigenvalue weighted by Crippen LogP contribution is -2.54. The summed E-state index contributed by atoms with van der Waals surface area (Å²) in [6.45, 7) is 0.270. The first-order valence-electron chi connectivity index (χ1n) is 9.63. The van der Waals surface area contributed by atoms with Gasteiger partial charge in [-0.05, 0) is 25.7 Å². The molecule has 4 fully saturated rings. The molecular weight excluding hydrogens is 360 g/mol. The summed E-state index contributed by atoms with van der Waals surface area (Å²) in [5.74, 6) is 0.211. The van der Waals surface area contributed by atoms with E-state index in [2.05, 4.69) is 21.5 Å². The zero-order valence-electron chi connectivity index (χ0n) is 15.1. The van der Waals surface area contributed by atoms with Gasteiger partial charge in [0.25, 0.3) is 0 Å². The normalized spacial score (nSPS) is 46.1. The van der Waals surface area contributed by atoms with Gasteiger partial charge < -0.3 is 19.5 Å². The molecule has 2 heterocycles. The summed E-state index contributed by atoms with van der Waals surface area (Å²) in [7, 11) is 1.78. The molecule has 0 radical (unpaired) electrons. The van der Waals surface area contributed by atoms with Crippen molar-refractivity contribution in [2.75, 3.05) is 13.9 Å². The molecule has 2 saturated carbocycles. The molecule has 0 spiro atoms. The van der Waals surface area contributed by atoms with E-state index in [1.807, 2.05) is 0 Å². The second kappa shape index (κ2) is 8.26. The maximum absolute atomic E-state index is 12.7. The minimum atomic E-state index is -0.306. The summed E-state index contributed by atoms with van der Waals surface area (Å²) in [6.07, 6.45) is 5.73. The van der Waals surface area contributed by atoms with Crippen LogP contribution in [0.2, 0.25) is 0 Å². The van der Waals surface area contributed by atoms with Crippen LogP contribution in [0.3, 0.4) is 0 Å². The van der Waals surface area contributed by atoms with E-state index in [1.165, 1.54) is 12.8 Å². The number of rotatable bonds is 4. The van der Waals surface area contributed by atoms with Gasteiger partial charge in [0.2, 0.25) is 5.91 Å². The minimum Gasteiger partial charge on any atom is -0.381 e. The highest BCUT2D eigenvalue weighted by molar-refractivity contribution is 6.21. The van der Waals surface area contributed by atoms with Crippen molar-refractivity contribution in [2.45, 2.75) is 74.7 Å². The van der Waals surface area contributed by atoms with Crippen molar-refractivity contribution in [3.8, 4) is 0 Å². The van der Waals surface area contributed by atoms with E-state index in [0.717, 1.165) is 12.8 Å². The molecule has 2 aliphatic carbocycles. The van der Waals surface area contributed by atoms with E-state index in [0.29, 0.717) is 18.8 Å². The summed E-state index contributed by atoms with van der Waals surface area (Å²) in [5, 5.41) is 6.27. The third-order valence-corrected chi connectivity index (χ3v) is 6.59. The lowest BCUT2D eigenvalue weighted by Gasteiger charge is -2.34. The molecule has 4 N–H and O–H groups in total. The summed E-state index contributed by atoms with van der Waals surface area (Å²) in [4.78, 5) is 12.7. The number of carbonyl (C=O) groups is 1. The van der Waals surface area contributed by atoms with Gasteiger partial charge in [-0.3, -0.25) is 10.1 Å². The molecule has 26 heavy (non-hydrogen) atoms. The number of ether oxygens (including phenoxy) is 3. The smallest absolute Gasteiger partial charge is 0.225 e. The Morgan fingerprint density at radius 1 is 1.19 bits per heavy atom. The maximum Gasteiger partial charge on any atom is 0.225 e. The lowest BCUT2D eigenvalue weighted by atomic mass is 9.84. The number of hydrogen-bond donors (Lipinski definition) is 4. The Labute approximate surface area is 159 Å². The van der Waals surface area contributed by atoms with Crippen LogP contribution in [-0.4, -0.2) is 56.0 Å². The number of alkyl halides is 1. The van der Waals surface area contributed by atoms with Crippen LogP contribution in [0.15, 0.2) is 0 Å². The van der Waals surface area contributed by atoms with Gasteiger partial charge in [-0.15, -0.1) is 11.6 Å². The molecule has 8 atom stereocenters. The third kappa shape index (κ3) is 3.87. The number of methoxy groups -OCH3 is 1. The van der Waals surface area contributed by atoms with E-state index < -0.39 is 0 Å². The number of hydrazine groups is 1. The van der Waals surface area contributed by atoms with Crippen molar-refractivity contribution in [1.82, 2.24) is 21.5 Å². The zero-order chi connectivity index (χ0) is 18.1. The second-order valence-electron chi connectivity index (χ2n) is 7.74. The van der Waals surface area contributed by atoms with Gasteiger partial charge in [0.15, 0.2) is 0 Å². The summed E-state index contributed by atoms with van der Waals surface area (Å²) in [5.41, 5.74) is 6.41. The molecule has 2 aliphatic heterocycles. The molecule has 1 amide bonds. The molecule has 4 rings (SSSR count). The molecular formula is C17H29ClN4O4. The Balaban J connectivity index is 1.29. The predicted octanol–water partition coefficient (Wildman–Crippen LogP) is 0.374. The largest absolute Gasteiger partial charge is 0.381 e. The van der Waals surface area contributed by atoms with Crippen LogP contribution in [0.25, 0.3) is 0 Å². The van der Waals surface area contributed by atoms with Crippen molar-refractivity contribution < 1.29 is 19.0 Å². The maximum atomic E-state index is 12.7. The van der Waals surface area contributed by atoms with E-state index in [9.17, 15) is 4.79 Å². The fourth-order valence-corrected chi connectivity index (χ4v) is 5.20. The Kier molecular flexibility index (Phi) is 5.99. The Hall–Kier alpha value is -0.480. The number of amides is 1. The standard InChI is InChI=1S/C17H29ClN4O4/c1-24-12-5-3-2-4-10(12)15-19-17(22-21-15)20-16(23)9-6-11(18)14-13(7-9)25-8-26-14/h9-15,17,19,21-22H,2-8H2,1H3,(H,20,23). The molecule has 148 valence electrons. The average Bonchev–Trinajstić information content (AvgIpc) is 3.31. The number of halogens is 1. The van der Waals surface area contributed by atoms with E-state index >= 15 is 0 Å². The molecule has 0 aromatic carbocycles. The van der Waals surface area contributed by atoms with E-state index in [1.54, 1.807) is 7.11 Å². The van der Waals surface area contributed by atoms with Crippen LogP contribution < -0.4 is 21.5 Å². The molecule has 4 aliphatic rings. The molecule has 2 saturated heterocycles. The van der Waals surface area contributed by atoms with Crippen LogP contribution >= 0.6 is 11.6 Å². The quantitative estimate of drug-likeness (QED) is 0.517. The summed E-state index contributed by atoms with van der Waals surface area (Å²) < 4.78 is 16.7. The Morgan fingerprint density at radius 2 is 2.04 bits per heavy atom. The first-order valence-corrected chi connectivity index (χ1v) is 10.1.